The normalized spacial score (nSPS) is 12.4. The summed E-state index contributed by atoms with van der Waals surface area (Å²) < 4.78 is 13.5. The van der Waals surface area contributed by atoms with Gasteiger partial charge in [0.25, 0.3) is 0 Å². The van der Waals surface area contributed by atoms with Crippen LogP contribution in [0.3, 0.4) is 0 Å². The van der Waals surface area contributed by atoms with Crippen molar-refractivity contribution in [2.24, 2.45) is 0 Å². The molecule has 0 saturated carbocycles. The molecule has 1 N–H and O–H groups in total. The maximum absolute atomic E-state index is 13.1. The van der Waals surface area contributed by atoms with E-state index < -0.39 is 6.10 Å². The van der Waals surface area contributed by atoms with E-state index in [0.29, 0.717) is 20.8 Å². The third-order valence-electron chi connectivity index (χ3n) is 2.53. The second kappa shape index (κ2) is 6.75. The van der Waals surface area contributed by atoms with Gasteiger partial charge in [-0.05, 0) is 51.8 Å². The van der Waals surface area contributed by atoms with Gasteiger partial charge in [0, 0.05) is 15.7 Å². The summed E-state index contributed by atoms with van der Waals surface area (Å²) >= 11 is 10.5. The molecule has 0 aliphatic rings. The van der Waals surface area contributed by atoms with Crippen LogP contribution in [0.2, 0.25) is 5.02 Å². The molecule has 0 heterocycles. The SMILES string of the molecule is OC(CSc1cccc(Cl)c1)c1ccc(F)c(Br)c1. The van der Waals surface area contributed by atoms with Crippen LogP contribution < -0.4 is 0 Å². The summed E-state index contributed by atoms with van der Waals surface area (Å²) in [5.74, 6) is 0.150. The first-order valence-corrected chi connectivity index (χ1v) is 7.73. The summed E-state index contributed by atoms with van der Waals surface area (Å²) in [6, 6.07) is 12.0. The molecule has 5 heteroatoms. The molecule has 1 unspecified atom stereocenters. The Labute approximate surface area is 128 Å². The molecule has 100 valence electrons. The van der Waals surface area contributed by atoms with Gasteiger partial charge < -0.3 is 5.11 Å². The maximum atomic E-state index is 13.1. The van der Waals surface area contributed by atoms with Gasteiger partial charge in [0.2, 0.25) is 0 Å². The molecule has 19 heavy (non-hydrogen) atoms. The molecule has 2 aromatic rings. The van der Waals surface area contributed by atoms with E-state index in [-0.39, 0.29) is 5.82 Å². The van der Waals surface area contributed by atoms with Crippen molar-refractivity contribution in [1.29, 1.82) is 0 Å². The summed E-state index contributed by atoms with van der Waals surface area (Å²) in [6.07, 6.45) is -0.652. The monoisotopic (exact) mass is 360 g/mol. The molecule has 0 radical (unpaired) electrons. The predicted octanol–water partition coefficient (Wildman–Crippen LogP) is 5.07. The highest BCUT2D eigenvalue weighted by molar-refractivity contribution is 9.10. The van der Waals surface area contributed by atoms with Gasteiger partial charge in [0.15, 0.2) is 0 Å². The number of hydrogen-bond acceptors (Lipinski definition) is 2. The third kappa shape index (κ3) is 4.21. The van der Waals surface area contributed by atoms with Crippen LogP contribution in [0.25, 0.3) is 0 Å². The molecule has 2 rings (SSSR count). The Balaban J connectivity index is 2.01. The average Bonchev–Trinajstić information content (AvgIpc) is 2.39. The van der Waals surface area contributed by atoms with Crippen molar-refractivity contribution in [2.45, 2.75) is 11.0 Å². The highest BCUT2D eigenvalue weighted by Crippen LogP contribution is 2.28. The van der Waals surface area contributed by atoms with Crippen molar-refractivity contribution >= 4 is 39.3 Å². The molecular formula is C14H11BrClFOS. The van der Waals surface area contributed by atoms with Crippen LogP contribution in [-0.4, -0.2) is 10.9 Å². The Morgan fingerprint density at radius 3 is 2.74 bits per heavy atom. The maximum Gasteiger partial charge on any atom is 0.137 e. The van der Waals surface area contributed by atoms with Crippen LogP contribution >= 0.6 is 39.3 Å². The lowest BCUT2D eigenvalue weighted by molar-refractivity contribution is 0.204. The van der Waals surface area contributed by atoms with Gasteiger partial charge >= 0.3 is 0 Å². The van der Waals surface area contributed by atoms with Crippen molar-refractivity contribution in [2.75, 3.05) is 5.75 Å². The van der Waals surface area contributed by atoms with Crippen LogP contribution in [0.1, 0.15) is 11.7 Å². The highest BCUT2D eigenvalue weighted by atomic mass is 79.9. The molecule has 0 aromatic heterocycles. The van der Waals surface area contributed by atoms with E-state index in [1.807, 2.05) is 18.2 Å². The fourth-order valence-corrected chi connectivity index (χ4v) is 3.13. The second-order valence-corrected chi connectivity index (χ2v) is 6.34. The molecule has 0 aliphatic heterocycles. The number of thioether (sulfide) groups is 1. The lowest BCUT2D eigenvalue weighted by Crippen LogP contribution is -2.01. The van der Waals surface area contributed by atoms with Gasteiger partial charge in [0.05, 0.1) is 10.6 Å². The number of hydrogen-bond donors (Lipinski definition) is 1. The van der Waals surface area contributed by atoms with Crippen LogP contribution in [0.15, 0.2) is 51.8 Å². The van der Waals surface area contributed by atoms with Crippen molar-refractivity contribution in [1.82, 2.24) is 0 Å². The van der Waals surface area contributed by atoms with E-state index in [4.69, 9.17) is 11.6 Å². The van der Waals surface area contributed by atoms with E-state index in [0.717, 1.165) is 4.90 Å². The minimum Gasteiger partial charge on any atom is -0.388 e. The van der Waals surface area contributed by atoms with Crippen molar-refractivity contribution in [3.05, 3.63) is 63.3 Å². The average molecular weight is 362 g/mol. The first-order valence-electron chi connectivity index (χ1n) is 5.57. The third-order valence-corrected chi connectivity index (χ3v) is 4.44. The number of rotatable bonds is 4. The summed E-state index contributed by atoms with van der Waals surface area (Å²) in [5.41, 5.74) is 0.683. The number of aliphatic hydroxyl groups is 1. The smallest absolute Gasteiger partial charge is 0.137 e. The number of halogens is 3. The Bertz CT molecular complexity index is 579. The summed E-state index contributed by atoms with van der Waals surface area (Å²) in [7, 11) is 0. The minimum atomic E-state index is -0.652. The molecule has 0 aliphatic carbocycles. The Morgan fingerprint density at radius 1 is 1.26 bits per heavy atom. The molecule has 1 nitrogen and oxygen atoms in total. The van der Waals surface area contributed by atoms with Gasteiger partial charge in [-0.2, -0.15) is 0 Å². The molecule has 0 amide bonds. The summed E-state index contributed by atoms with van der Waals surface area (Å²) in [4.78, 5) is 0.993. The lowest BCUT2D eigenvalue weighted by atomic mass is 10.1. The molecule has 2 aromatic carbocycles. The van der Waals surface area contributed by atoms with Crippen LogP contribution in [0.4, 0.5) is 4.39 Å². The first-order chi connectivity index (χ1) is 9.06. The first kappa shape index (κ1) is 14.9. The quantitative estimate of drug-likeness (QED) is 0.767. The van der Waals surface area contributed by atoms with E-state index in [1.165, 1.54) is 17.8 Å². The van der Waals surface area contributed by atoms with Crippen molar-refractivity contribution in [3.8, 4) is 0 Å². The zero-order chi connectivity index (χ0) is 13.8. The highest BCUT2D eigenvalue weighted by Gasteiger charge is 2.10. The topological polar surface area (TPSA) is 20.2 Å². The Hall–Kier alpha value is -0.550. The summed E-state index contributed by atoms with van der Waals surface area (Å²) in [6.45, 7) is 0. The molecule has 0 spiro atoms. The zero-order valence-corrected chi connectivity index (χ0v) is 13.0. The zero-order valence-electron chi connectivity index (χ0n) is 9.82. The van der Waals surface area contributed by atoms with Crippen LogP contribution in [0.5, 0.6) is 0 Å². The van der Waals surface area contributed by atoms with E-state index in [1.54, 1.807) is 18.2 Å². The lowest BCUT2D eigenvalue weighted by Gasteiger charge is -2.11. The van der Waals surface area contributed by atoms with Gasteiger partial charge in [-0.3, -0.25) is 0 Å². The van der Waals surface area contributed by atoms with E-state index in [2.05, 4.69) is 15.9 Å². The molecule has 0 fully saturated rings. The van der Waals surface area contributed by atoms with E-state index in [9.17, 15) is 9.50 Å². The predicted molar refractivity (Wildman–Crippen MR) is 81.2 cm³/mol. The fourth-order valence-electron chi connectivity index (χ4n) is 1.55. The Morgan fingerprint density at radius 2 is 2.05 bits per heavy atom. The van der Waals surface area contributed by atoms with Gasteiger partial charge in [0.1, 0.15) is 5.82 Å². The largest absolute Gasteiger partial charge is 0.388 e. The molecule has 1 atom stereocenters. The van der Waals surface area contributed by atoms with Crippen molar-refractivity contribution < 1.29 is 9.50 Å². The van der Waals surface area contributed by atoms with Gasteiger partial charge in [-0.1, -0.05) is 23.7 Å². The molecule has 0 saturated heterocycles. The van der Waals surface area contributed by atoms with Crippen molar-refractivity contribution in [3.63, 3.8) is 0 Å². The Kier molecular flexibility index (Phi) is 5.28. The molecular weight excluding hydrogens is 351 g/mol. The van der Waals surface area contributed by atoms with Crippen LogP contribution in [-0.2, 0) is 0 Å². The van der Waals surface area contributed by atoms with E-state index >= 15 is 0 Å². The van der Waals surface area contributed by atoms with Gasteiger partial charge in [-0.25, -0.2) is 4.39 Å². The summed E-state index contributed by atoms with van der Waals surface area (Å²) in [5, 5.41) is 10.7. The van der Waals surface area contributed by atoms with Crippen LogP contribution in [0, 0.1) is 5.82 Å². The second-order valence-electron chi connectivity index (χ2n) is 3.96. The standard InChI is InChI=1S/C14H11BrClFOS/c15-12-6-9(4-5-13(12)17)14(18)8-19-11-3-1-2-10(16)7-11/h1-7,14,18H,8H2. The number of benzene rings is 2. The molecule has 0 bridgehead atoms. The minimum absolute atomic E-state index is 0.335. The van der Waals surface area contributed by atoms with Gasteiger partial charge in [-0.15, -0.1) is 11.8 Å². The fraction of sp³-hybridized carbons (Fsp3) is 0.143. The number of aliphatic hydroxyl groups excluding tert-OH is 1.